The van der Waals surface area contributed by atoms with Crippen LogP contribution < -0.4 is 5.32 Å². The van der Waals surface area contributed by atoms with Gasteiger partial charge in [0.1, 0.15) is 0 Å². The van der Waals surface area contributed by atoms with Crippen LogP contribution in [0, 0.1) is 0 Å². The molecule has 1 amide bonds. The first-order chi connectivity index (χ1) is 11.6. The summed E-state index contributed by atoms with van der Waals surface area (Å²) in [6.45, 7) is 9.35. The van der Waals surface area contributed by atoms with Crippen LogP contribution in [0.4, 0.5) is 0 Å². The highest BCUT2D eigenvalue weighted by Crippen LogP contribution is 2.08. The van der Waals surface area contributed by atoms with Crippen molar-refractivity contribution in [3.8, 4) is 0 Å². The number of aliphatic imine (C=N–C) groups is 1. The first-order valence-electron chi connectivity index (χ1n) is 8.87. The second kappa shape index (κ2) is 10.7. The van der Waals surface area contributed by atoms with Crippen molar-refractivity contribution in [1.29, 1.82) is 0 Å². The molecule has 0 saturated carbocycles. The van der Waals surface area contributed by atoms with Crippen molar-refractivity contribution in [2.45, 2.75) is 40.2 Å². The number of benzene rings is 1. The standard InChI is InChI=1S/C19H32N4O/c1-6-9-14-22(5)19(20-4)21-15-16-10-12-17(13-11-16)18(24)23(7-2)8-3/h10-13H,6-9,14-15H2,1-5H3,(H,20,21). The number of unbranched alkanes of at least 4 members (excludes halogenated alkanes) is 1. The average molecular weight is 332 g/mol. The molecule has 24 heavy (non-hydrogen) atoms. The van der Waals surface area contributed by atoms with Gasteiger partial charge in [-0.1, -0.05) is 25.5 Å². The molecule has 0 aliphatic carbocycles. The van der Waals surface area contributed by atoms with E-state index in [-0.39, 0.29) is 5.91 Å². The maximum atomic E-state index is 12.3. The van der Waals surface area contributed by atoms with Gasteiger partial charge >= 0.3 is 0 Å². The molecule has 5 heteroatoms. The van der Waals surface area contributed by atoms with E-state index in [4.69, 9.17) is 0 Å². The van der Waals surface area contributed by atoms with Crippen LogP contribution in [0.3, 0.4) is 0 Å². The lowest BCUT2D eigenvalue weighted by Crippen LogP contribution is -2.38. The number of amides is 1. The topological polar surface area (TPSA) is 47.9 Å². The molecule has 5 nitrogen and oxygen atoms in total. The van der Waals surface area contributed by atoms with Gasteiger partial charge in [0.05, 0.1) is 0 Å². The van der Waals surface area contributed by atoms with Gasteiger partial charge in [-0.05, 0) is 38.0 Å². The SMILES string of the molecule is CCCCN(C)C(=NC)NCc1ccc(C(=O)N(CC)CC)cc1. The molecule has 134 valence electrons. The van der Waals surface area contributed by atoms with Crippen LogP contribution in [0.25, 0.3) is 0 Å². The number of hydrogen-bond acceptors (Lipinski definition) is 2. The van der Waals surface area contributed by atoms with Crippen LogP contribution in [0.2, 0.25) is 0 Å². The lowest BCUT2D eigenvalue weighted by atomic mass is 10.1. The van der Waals surface area contributed by atoms with E-state index in [9.17, 15) is 4.79 Å². The summed E-state index contributed by atoms with van der Waals surface area (Å²) < 4.78 is 0. The molecule has 1 aromatic carbocycles. The van der Waals surface area contributed by atoms with Crippen LogP contribution in [0.1, 0.15) is 49.5 Å². The van der Waals surface area contributed by atoms with Gasteiger partial charge in [-0.2, -0.15) is 0 Å². The molecule has 0 aliphatic rings. The Morgan fingerprint density at radius 1 is 1.12 bits per heavy atom. The molecule has 0 fully saturated rings. The van der Waals surface area contributed by atoms with Gasteiger partial charge in [-0.3, -0.25) is 9.79 Å². The van der Waals surface area contributed by atoms with Crippen LogP contribution >= 0.6 is 0 Å². The molecule has 0 aromatic heterocycles. The van der Waals surface area contributed by atoms with E-state index in [0.29, 0.717) is 6.54 Å². The van der Waals surface area contributed by atoms with Crippen molar-refractivity contribution < 1.29 is 4.79 Å². The molecule has 1 rings (SSSR count). The quantitative estimate of drug-likeness (QED) is 0.588. The maximum Gasteiger partial charge on any atom is 0.253 e. The number of rotatable bonds is 8. The van der Waals surface area contributed by atoms with Gasteiger partial charge < -0.3 is 15.1 Å². The van der Waals surface area contributed by atoms with E-state index in [1.54, 1.807) is 7.05 Å². The third-order valence-electron chi connectivity index (χ3n) is 4.12. The van der Waals surface area contributed by atoms with E-state index in [1.807, 2.05) is 43.0 Å². The fourth-order valence-corrected chi connectivity index (χ4v) is 2.53. The molecule has 0 atom stereocenters. The lowest BCUT2D eigenvalue weighted by molar-refractivity contribution is 0.0773. The number of guanidine groups is 1. The fourth-order valence-electron chi connectivity index (χ4n) is 2.53. The minimum absolute atomic E-state index is 0.0922. The van der Waals surface area contributed by atoms with Crippen molar-refractivity contribution in [1.82, 2.24) is 15.1 Å². The first kappa shape index (κ1) is 20.0. The summed E-state index contributed by atoms with van der Waals surface area (Å²) in [5.74, 6) is 0.987. The van der Waals surface area contributed by atoms with E-state index >= 15 is 0 Å². The summed E-state index contributed by atoms with van der Waals surface area (Å²) in [5.41, 5.74) is 1.88. The smallest absolute Gasteiger partial charge is 0.253 e. The highest BCUT2D eigenvalue weighted by atomic mass is 16.2. The Balaban J connectivity index is 2.62. The van der Waals surface area contributed by atoms with Crippen molar-refractivity contribution in [3.05, 3.63) is 35.4 Å². The van der Waals surface area contributed by atoms with Gasteiger partial charge in [0.25, 0.3) is 5.91 Å². The normalized spacial score (nSPS) is 11.3. The average Bonchev–Trinajstić information content (AvgIpc) is 2.61. The highest BCUT2D eigenvalue weighted by Gasteiger charge is 2.12. The van der Waals surface area contributed by atoms with E-state index in [2.05, 4.69) is 29.2 Å². The summed E-state index contributed by atoms with van der Waals surface area (Å²) in [7, 11) is 3.85. The number of nitrogens with one attached hydrogen (secondary N) is 1. The van der Waals surface area contributed by atoms with Crippen molar-refractivity contribution in [2.24, 2.45) is 4.99 Å². The molecule has 0 aliphatic heterocycles. The van der Waals surface area contributed by atoms with Crippen molar-refractivity contribution >= 4 is 11.9 Å². The number of carbonyl (C=O) groups is 1. The highest BCUT2D eigenvalue weighted by molar-refractivity contribution is 5.94. The Labute approximate surface area is 146 Å². The Morgan fingerprint density at radius 3 is 2.25 bits per heavy atom. The minimum Gasteiger partial charge on any atom is -0.352 e. The predicted molar refractivity (Wildman–Crippen MR) is 101 cm³/mol. The third kappa shape index (κ3) is 5.87. The molecule has 0 saturated heterocycles. The molecular formula is C19H32N4O. The Hall–Kier alpha value is -2.04. The molecular weight excluding hydrogens is 300 g/mol. The molecule has 1 N–H and O–H groups in total. The predicted octanol–water partition coefficient (Wildman–Crippen LogP) is 2.98. The molecule has 0 unspecified atom stereocenters. The summed E-state index contributed by atoms with van der Waals surface area (Å²) in [6.07, 6.45) is 2.32. The zero-order chi connectivity index (χ0) is 17.9. The molecule has 0 spiro atoms. The van der Waals surface area contributed by atoms with Gasteiger partial charge in [0.2, 0.25) is 0 Å². The van der Waals surface area contributed by atoms with Crippen LogP contribution in [-0.2, 0) is 6.54 Å². The van der Waals surface area contributed by atoms with E-state index < -0.39 is 0 Å². The lowest BCUT2D eigenvalue weighted by Gasteiger charge is -2.22. The molecule has 0 bridgehead atoms. The van der Waals surface area contributed by atoms with Crippen LogP contribution in [-0.4, -0.2) is 55.4 Å². The van der Waals surface area contributed by atoms with Crippen molar-refractivity contribution in [3.63, 3.8) is 0 Å². The summed E-state index contributed by atoms with van der Waals surface area (Å²) in [6, 6.07) is 7.81. The first-order valence-corrected chi connectivity index (χ1v) is 8.87. The number of hydrogen-bond donors (Lipinski definition) is 1. The third-order valence-corrected chi connectivity index (χ3v) is 4.12. The molecule has 0 heterocycles. The minimum atomic E-state index is 0.0922. The largest absolute Gasteiger partial charge is 0.352 e. The van der Waals surface area contributed by atoms with Gasteiger partial charge in [0.15, 0.2) is 5.96 Å². The molecule has 1 aromatic rings. The van der Waals surface area contributed by atoms with Crippen LogP contribution in [0.15, 0.2) is 29.3 Å². The molecule has 0 radical (unpaired) electrons. The van der Waals surface area contributed by atoms with Crippen LogP contribution in [0.5, 0.6) is 0 Å². The Morgan fingerprint density at radius 2 is 1.75 bits per heavy atom. The van der Waals surface area contributed by atoms with Gasteiger partial charge in [0, 0.05) is 45.8 Å². The van der Waals surface area contributed by atoms with E-state index in [0.717, 1.165) is 43.1 Å². The zero-order valence-electron chi connectivity index (χ0n) is 15.8. The van der Waals surface area contributed by atoms with Gasteiger partial charge in [-0.25, -0.2) is 0 Å². The monoisotopic (exact) mass is 332 g/mol. The maximum absolute atomic E-state index is 12.3. The fraction of sp³-hybridized carbons (Fsp3) is 0.579. The Bertz CT molecular complexity index is 521. The Kier molecular flexibility index (Phi) is 8.90. The van der Waals surface area contributed by atoms with Gasteiger partial charge in [-0.15, -0.1) is 0 Å². The zero-order valence-corrected chi connectivity index (χ0v) is 15.8. The summed E-state index contributed by atoms with van der Waals surface area (Å²) in [4.78, 5) is 20.6. The second-order valence-corrected chi connectivity index (χ2v) is 5.85. The van der Waals surface area contributed by atoms with E-state index in [1.165, 1.54) is 6.42 Å². The number of carbonyl (C=O) groups excluding carboxylic acids is 1. The summed E-state index contributed by atoms with van der Waals surface area (Å²) in [5, 5.41) is 3.37. The second-order valence-electron chi connectivity index (χ2n) is 5.85. The summed E-state index contributed by atoms with van der Waals surface area (Å²) >= 11 is 0. The van der Waals surface area contributed by atoms with Crippen molar-refractivity contribution in [2.75, 3.05) is 33.7 Å². The number of nitrogens with zero attached hydrogens (tertiary/aromatic N) is 3.